The Kier molecular flexibility index (Phi) is 8.06. The van der Waals surface area contributed by atoms with Crippen LogP contribution in [0.1, 0.15) is 6.42 Å². The first-order valence-electron chi connectivity index (χ1n) is 11.1. The van der Waals surface area contributed by atoms with Crippen LogP contribution >= 0.6 is 11.8 Å². The van der Waals surface area contributed by atoms with Gasteiger partial charge in [-0.2, -0.15) is 0 Å². The van der Waals surface area contributed by atoms with Gasteiger partial charge in [0, 0.05) is 50.4 Å². The number of amidine groups is 1. The average molecular weight is 502 g/mol. The van der Waals surface area contributed by atoms with Crippen LogP contribution in [0.4, 0.5) is 21.5 Å². The highest BCUT2D eigenvalue weighted by molar-refractivity contribution is 8.15. The van der Waals surface area contributed by atoms with Gasteiger partial charge in [-0.3, -0.25) is 29.5 Å². The maximum Gasteiger partial charge on any atom is 0.271 e. The molecule has 2 aromatic rings. The van der Waals surface area contributed by atoms with Crippen molar-refractivity contribution in [2.24, 2.45) is 4.99 Å². The van der Waals surface area contributed by atoms with Gasteiger partial charge in [0.1, 0.15) is 16.8 Å². The van der Waals surface area contributed by atoms with E-state index in [1.165, 1.54) is 41.3 Å². The lowest BCUT2D eigenvalue weighted by Crippen LogP contribution is -2.43. The standard InChI is InChI=1S/C23H24FN5O5S/c24-18-6-1-2-7-19(18)26-23-28(9-8-27-10-12-34-13-11-27)22(31)20(35-23)15-21(30)25-16-4-3-5-17(14-16)29(32)33/h1-7,14,20H,8-13,15H2,(H,25,30). The Morgan fingerprint density at radius 3 is 2.71 bits per heavy atom. The molecular weight excluding hydrogens is 477 g/mol. The summed E-state index contributed by atoms with van der Waals surface area (Å²) < 4.78 is 19.6. The van der Waals surface area contributed by atoms with Gasteiger partial charge in [0.05, 0.1) is 18.1 Å². The molecule has 0 spiro atoms. The van der Waals surface area contributed by atoms with Crippen LogP contribution in [-0.2, 0) is 14.3 Å². The number of thioether (sulfide) groups is 1. The molecule has 184 valence electrons. The molecule has 1 N–H and O–H groups in total. The topological polar surface area (TPSA) is 117 Å². The number of carbonyl (C=O) groups excluding carboxylic acids is 2. The number of rotatable bonds is 8. The van der Waals surface area contributed by atoms with E-state index in [0.717, 1.165) is 24.9 Å². The molecule has 0 saturated carbocycles. The smallest absolute Gasteiger partial charge is 0.271 e. The van der Waals surface area contributed by atoms with Gasteiger partial charge in [-0.15, -0.1) is 0 Å². The van der Waals surface area contributed by atoms with Crippen molar-refractivity contribution in [3.8, 4) is 0 Å². The normalized spacial score (nSPS) is 19.8. The zero-order chi connectivity index (χ0) is 24.8. The predicted octanol–water partition coefficient (Wildman–Crippen LogP) is 3.03. The Morgan fingerprint density at radius 1 is 1.20 bits per heavy atom. The summed E-state index contributed by atoms with van der Waals surface area (Å²) in [5, 5.41) is 13.2. The maximum atomic E-state index is 14.2. The first-order valence-corrected chi connectivity index (χ1v) is 11.9. The molecule has 2 saturated heterocycles. The van der Waals surface area contributed by atoms with Crippen molar-refractivity contribution in [1.29, 1.82) is 0 Å². The molecule has 2 heterocycles. The van der Waals surface area contributed by atoms with Gasteiger partial charge in [0.2, 0.25) is 11.8 Å². The number of non-ortho nitro benzene ring substituents is 1. The molecule has 1 atom stereocenters. The molecule has 2 aromatic carbocycles. The van der Waals surface area contributed by atoms with E-state index >= 15 is 0 Å². The number of nitro benzene ring substituents is 1. The van der Waals surface area contributed by atoms with Crippen molar-refractivity contribution < 1.29 is 23.6 Å². The number of nitrogens with zero attached hydrogens (tertiary/aromatic N) is 4. The van der Waals surface area contributed by atoms with Crippen LogP contribution in [-0.4, -0.2) is 76.3 Å². The van der Waals surface area contributed by atoms with E-state index in [1.807, 2.05) is 0 Å². The van der Waals surface area contributed by atoms with Crippen molar-refractivity contribution in [3.63, 3.8) is 0 Å². The highest BCUT2D eigenvalue weighted by atomic mass is 32.2. The summed E-state index contributed by atoms with van der Waals surface area (Å²) in [5.74, 6) is -1.25. The summed E-state index contributed by atoms with van der Waals surface area (Å²) >= 11 is 1.11. The lowest BCUT2D eigenvalue weighted by Gasteiger charge is -2.28. The molecule has 2 aliphatic rings. The second-order valence-electron chi connectivity index (χ2n) is 7.96. The van der Waals surface area contributed by atoms with E-state index < -0.39 is 21.9 Å². The third kappa shape index (κ3) is 6.41. The summed E-state index contributed by atoms with van der Waals surface area (Å²) in [5.41, 5.74) is 0.229. The number of hydrogen-bond acceptors (Lipinski definition) is 8. The van der Waals surface area contributed by atoms with E-state index in [9.17, 15) is 24.1 Å². The van der Waals surface area contributed by atoms with Crippen LogP contribution in [0.25, 0.3) is 0 Å². The number of ether oxygens (including phenoxy) is 1. The fourth-order valence-electron chi connectivity index (χ4n) is 3.72. The van der Waals surface area contributed by atoms with E-state index in [0.29, 0.717) is 31.5 Å². The lowest BCUT2D eigenvalue weighted by atomic mass is 10.2. The molecule has 0 aliphatic carbocycles. The van der Waals surface area contributed by atoms with Gasteiger partial charge < -0.3 is 10.1 Å². The first-order chi connectivity index (χ1) is 16.9. The Hall–Kier alpha value is -3.35. The zero-order valence-electron chi connectivity index (χ0n) is 18.8. The molecular formula is C23H24FN5O5S. The minimum Gasteiger partial charge on any atom is -0.379 e. The summed E-state index contributed by atoms with van der Waals surface area (Å²) in [6.45, 7) is 3.70. The van der Waals surface area contributed by atoms with Gasteiger partial charge in [-0.05, 0) is 18.2 Å². The number of carbonyl (C=O) groups is 2. The minimum atomic E-state index is -0.746. The van der Waals surface area contributed by atoms with E-state index in [2.05, 4.69) is 15.2 Å². The number of anilines is 1. The second kappa shape index (κ2) is 11.4. The van der Waals surface area contributed by atoms with Gasteiger partial charge in [0.25, 0.3) is 5.69 Å². The molecule has 2 fully saturated rings. The minimum absolute atomic E-state index is 0.112. The van der Waals surface area contributed by atoms with Crippen LogP contribution in [0.5, 0.6) is 0 Å². The average Bonchev–Trinajstić information content (AvgIpc) is 3.13. The molecule has 2 aliphatic heterocycles. The third-order valence-corrected chi connectivity index (χ3v) is 6.72. The zero-order valence-corrected chi connectivity index (χ0v) is 19.6. The number of nitrogens with one attached hydrogen (secondary N) is 1. The summed E-state index contributed by atoms with van der Waals surface area (Å²) in [4.78, 5) is 44.3. The Labute approximate surface area is 205 Å². The Balaban J connectivity index is 1.47. The molecule has 1 unspecified atom stereocenters. The summed E-state index contributed by atoms with van der Waals surface area (Å²) in [6, 6.07) is 11.6. The molecule has 2 amide bonds. The van der Waals surface area contributed by atoms with Crippen LogP contribution < -0.4 is 5.32 Å². The molecule has 12 heteroatoms. The number of aliphatic imine (C=N–C) groups is 1. The van der Waals surface area contributed by atoms with Crippen LogP contribution in [0.3, 0.4) is 0 Å². The van der Waals surface area contributed by atoms with E-state index in [-0.39, 0.29) is 29.4 Å². The predicted molar refractivity (Wildman–Crippen MR) is 130 cm³/mol. The van der Waals surface area contributed by atoms with Gasteiger partial charge in [0.15, 0.2) is 5.17 Å². The monoisotopic (exact) mass is 501 g/mol. The largest absolute Gasteiger partial charge is 0.379 e. The van der Waals surface area contributed by atoms with E-state index in [1.54, 1.807) is 12.1 Å². The molecule has 4 rings (SSSR count). The van der Waals surface area contributed by atoms with Crippen molar-refractivity contribution in [1.82, 2.24) is 9.80 Å². The molecule has 0 bridgehead atoms. The number of nitro groups is 1. The number of hydrogen-bond donors (Lipinski definition) is 1. The van der Waals surface area contributed by atoms with Gasteiger partial charge in [-0.25, -0.2) is 9.38 Å². The van der Waals surface area contributed by atoms with Crippen molar-refractivity contribution in [2.45, 2.75) is 11.7 Å². The SMILES string of the molecule is O=C(CC1SC(=Nc2ccccc2F)N(CCN2CCOCC2)C1=O)Nc1cccc([N+](=O)[O-])c1. The fourth-order valence-corrected chi connectivity index (χ4v) is 4.90. The quantitative estimate of drug-likeness (QED) is 0.436. The molecule has 35 heavy (non-hydrogen) atoms. The van der Waals surface area contributed by atoms with Crippen molar-refractivity contribution in [3.05, 3.63) is 64.5 Å². The summed E-state index contributed by atoms with van der Waals surface area (Å²) in [7, 11) is 0. The highest BCUT2D eigenvalue weighted by Gasteiger charge is 2.39. The molecule has 0 aromatic heterocycles. The Bertz CT molecular complexity index is 1140. The van der Waals surface area contributed by atoms with Gasteiger partial charge >= 0.3 is 0 Å². The number of para-hydroxylation sites is 1. The third-order valence-electron chi connectivity index (χ3n) is 5.54. The second-order valence-corrected chi connectivity index (χ2v) is 9.13. The van der Waals surface area contributed by atoms with Gasteiger partial charge in [-0.1, -0.05) is 30.0 Å². The maximum absolute atomic E-state index is 14.2. The van der Waals surface area contributed by atoms with Crippen LogP contribution in [0.15, 0.2) is 53.5 Å². The van der Waals surface area contributed by atoms with Crippen molar-refractivity contribution >= 4 is 45.8 Å². The lowest BCUT2D eigenvalue weighted by molar-refractivity contribution is -0.384. The molecule has 0 radical (unpaired) electrons. The highest BCUT2D eigenvalue weighted by Crippen LogP contribution is 2.32. The van der Waals surface area contributed by atoms with Crippen LogP contribution in [0, 0.1) is 15.9 Å². The molecule has 10 nitrogen and oxygen atoms in total. The number of amides is 2. The van der Waals surface area contributed by atoms with Crippen molar-refractivity contribution in [2.75, 3.05) is 44.7 Å². The Morgan fingerprint density at radius 2 is 1.97 bits per heavy atom. The number of halogens is 1. The number of benzene rings is 2. The van der Waals surface area contributed by atoms with E-state index in [4.69, 9.17) is 4.74 Å². The fraction of sp³-hybridized carbons (Fsp3) is 0.348. The summed E-state index contributed by atoms with van der Waals surface area (Å²) in [6.07, 6.45) is -0.156. The number of morpholine rings is 1. The van der Waals surface area contributed by atoms with Crippen LogP contribution in [0.2, 0.25) is 0 Å². The first kappa shape index (κ1) is 24.8.